The predicted octanol–water partition coefficient (Wildman–Crippen LogP) is 2.49. The van der Waals surface area contributed by atoms with Crippen molar-refractivity contribution in [2.45, 2.75) is 45.8 Å². The van der Waals surface area contributed by atoms with Crippen LogP contribution in [0.15, 0.2) is 11.8 Å². The topological polar surface area (TPSA) is 18.5 Å². The van der Waals surface area contributed by atoms with Crippen molar-refractivity contribution in [2.75, 3.05) is 6.61 Å². The standard InChI is InChI=1S/C10H18O2/c1-6-8-7-11-9(2,3)10(4,5)12-8/h6H,7H2,1-5H3/b8-6+. The fourth-order valence-corrected chi connectivity index (χ4v) is 1.05. The van der Waals surface area contributed by atoms with Gasteiger partial charge in [0.15, 0.2) is 0 Å². The van der Waals surface area contributed by atoms with E-state index >= 15 is 0 Å². The smallest absolute Gasteiger partial charge is 0.131 e. The van der Waals surface area contributed by atoms with Gasteiger partial charge in [-0.05, 0) is 40.7 Å². The molecule has 2 nitrogen and oxygen atoms in total. The van der Waals surface area contributed by atoms with Crippen LogP contribution < -0.4 is 0 Å². The van der Waals surface area contributed by atoms with Gasteiger partial charge in [0.25, 0.3) is 0 Å². The highest BCUT2D eigenvalue weighted by molar-refractivity contribution is 5.03. The van der Waals surface area contributed by atoms with E-state index in [0.29, 0.717) is 6.61 Å². The van der Waals surface area contributed by atoms with Gasteiger partial charge < -0.3 is 9.47 Å². The van der Waals surface area contributed by atoms with E-state index < -0.39 is 0 Å². The summed E-state index contributed by atoms with van der Waals surface area (Å²) >= 11 is 0. The van der Waals surface area contributed by atoms with Crippen molar-refractivity contribution < 1.29 is 9.47 Å². The zero-order valence-corrected chi connectivity index (χ0v) is 8.60. The van der Waals surface area contributed by atoms with Crippen LogP contribution in [0.1, 0.15) is 34.6 Å². The summed E-state index contributed by atoms with van der Waals surface area (Å²) in [6.07, 6.45) is 1.96. The average Bonchev–Trinajstić information content (AvgIpc) is 1.95. The molecule has 0 aromatic carbocycles. The fraction of sp³-hybridized carbons (Fsp3) is 0.800. The molecule has 0 saturated carbocycles. The van der Waals surface area contributed by atoms with Gasteiger partial charge >= 0.3 is 0 Å². The zero-order valence-electron chi connectivity index (χ0n) is 8.60. The molecule has 0 bridgehead atoms. The quantitative estimate of drug-likeness (QED) is 0.556. The largest absolute Gasteiger partial charge is 0.487 e. The Kier molecular flexibility index (Phi) is 2.21. The number of allylic oxidation sites excluding steroid dienone is 1. The van der Waals surface area contributed by atoms with E-state index in [0.717, 1.165) is 5.76 Å². The second-order valence-corrected chi connectivity index (χ2v) is 4.17. The summed E-state index contributed by atoms with van der Waals surface area (Å²) in [7, 11) is 0. The molecule has 1 aliphatic rings. The Morgan fingerprint density at radius 1 is 1.17 bits per heavy atom. The molecule has 1 heterocycles. The van der Waals surface area contributed by atoms with Crippen LogP contribution in [0.25, 0.3) is 0 Å². The van der Waals surface area contributed by atoms with Gasteiger partial charge in [-0.25, -0.2) is 0 Å². The third-order valence-electron chi connectivity index (χ3n) is 2.73. The van der Waals surface area contributed by atoms with E-state index in [1.54, 1.807) is 0 Å². The summed E-state index contributed by atoms with van der Waals surface area (Å²) in [6.45, 7) is 10.8. The average molecular weight is 170 g/mol. The molecule has 1 aliphatic heterocycles. The molecule has 0 N–H and O–H groups in total. The van der Waals surface area contributed by atoms with E-state index in [9.17, 15) is 0 Å². The van der Waals surface area contributed by atoms with Crippen molar-refractivity contribution in [3.8, 4) is 0 Å². The molecule has 0 atom stereocenters. The van der Waals surface area contributed by atoms with Crippen molar-refractivity contribution in [1.82, 2.24) is 0 Å². The maximum Gasteiger partial charge on any atom is 0.131 e. The molecule has 0 aliphatic carbocycles. The lowest BCUT2D eigenvalue weighted by atomic mass is 9.88. The minimum Gasteiger partial charge on any atom is -0.487 e. The van der Waals surface area contributed by atoms with Crippen molar-refractivity contribution in [3.05, 3.63) is 11.8 Å². The minimum absolute atomic E-state index is 0.209. The molecule has 0 aromatic heterocycles. The van der Waals surface area contributed by atoms with Crippen molar-refractivity contribution in [1.29, 1.82) is 0 Å². The number of rotatable bonds is 0. The summed E-state index contributed by atoms with van der Waals surface area (Å²) in [5.74, 6) is 0.930. The van der Waals surface area contributed by atoms with E-state index in [1.165, 1.54) is 0 Å². The first-order chi connectivity index (χ1) is 5.39. The first-order valence-electron chi connectivity index (χ1n) is 4.37. The van der Waals surface area contributed by atoms with E-state index in [1.807, 2.05) is 13.0 Å². The first kappa shape index (κ1) is 9.59. The molecule has 70 valence electrons. The molecular weight excluding hydrogens is 152 g/mol. The van der Waals surface area contributed by atoms with Crippen LogP contribution in [-0.4, -0.2) is 17.8 Å². The van der Waals surface area contributed by atoms with Crippen LogP contribution in [0.3, 0.4) is 0 Å². The third-order valence-corrected chi connectivity index (χ3v) is 2.73. The molecule has 0 unspecified atom stereocenters. The van der Waals surface area contributed by atoms with Crippen LogP contribution in [0.5, 0.6) is 0 Å². The Morgan fingerprint density at radius 3 is 2.17 bits per heavy atom. The third kappa shape index (κ3) is 1.48. The molecule has 1 saturated heterocycles. The molecule has 1 fully saturated rings. The highest BCUT2D eigenvalue weighted by Gasteiger charge is 2.43. The van der Waals surface area contributed by atoms with Crippen molar-refractivity contribution in [3.63, 3.8) is 0 Å². The number of hydrogen-bond acceptors (Lipinski definition) is 2. The van der Waals surface area contributed by atoms with Crippen molar-refractivity contribution >= 4 is 0 Å². The van der Waals surface area contributed by atoms with E-state index in [4.69, 9.17) is 9.47 Å². The van der Waals surface area contributed by atoms with Crippen molar-refractivity contribution in [2.24, 2.45) is 0 Å². The Hall–Kier alpha value is -0.500. The molecular formula is C10H18O2. The number of hydrogen-bond donors (Lipinski definition) is 0. The Bertz CT molecular complexity index is 202. The molecule has 0 aromatic rings. The van der Waals surface area contributed by atoms with Gasteiger partial charge in [0.05, 0.1) is 0 Å². The second kappa shape index (κ2) is 2.77. The summed E-state index contributed by atoms with van der Waals surface area (Å²) in [6, 6.07) is 0. The van der Waals surface area contributed by atoms with E-state index in [2.05, 4.69) is 27.7 Å². The fourth-order valence-electron chi connectivity index (χ4n) is 1.05. The lowest BCUT2D eigenvalue weighted by molar-refractivity contribution is -0.200. The number of ether oxygens (including phenoxy) is 2. The summed E-state index contributed by atoms with van der Waals surface area (Å²) in [5, 5.41) is 0. The van der Waals surface area contributed by atoms with E-state index in [-0.39, 0.29) is 11.2 Å². The van der Waals surface area contributed by atoms with Gasteiger partial charge in [-0.3, -0.25) is 0 Å². The van der Waals surface area contributed by atoms with Crippen LogP contribution in [0.4, 0.5) is 0 Å². The highest BCUT2D eigenvalue weighted by atomic mass is 16.6. The van der Waals surface area contributed by atoms with Crippen LogP contribution in [0.2, 0.25) is 0 Å². The van der Waals surface area contributed by atoms with Crippen LogP contribution >= 0.6 is 0 Å². The lowest BCUT2D eigenvalue weighted by Gasteiger charge is -2.46. The summed E-state index contributed by atoms with van der Waals surface area (Å²) < 4.78 is 11.5. The lowest BCUT2D eigenvalue weighted by Crippen LogP contribution is -2.53. The van der Waals surface area contributed by atoms with Gasteiger partial charge in [0, 0.05) is 0 Å². The molecule has 0 amide bonds. The maximum atomic E-state index is 5.77. The summed E-state index contributed by atoms with van der Waals surface area (Å²) in [4.78, 5) is 0. The van der Waals surface area contributed by atoms with Gasteiger partial charge in [0.2, 0.25) is 0 Å². The van der Waals surface area contributed by atoms with Crippen LogP contribution in [-0.2, 0) is 9.47 Å². The monoisotopic (exact) mass is 170 g/mol. The van der Waals surface area contributed by atoms with Gasteiger partial charge in [-0.1, -0.05) is 0 Å². The summed E-state index contributed by atoms with van der Waals surface area (Å²) in [5.41, 5.74) is -0.452. The highest BCUT2D eigenvalue weighted by Crippen LogP contribution is 2.35. The SMILES string of the molecule is C/C=C1\COC(C)(C)C(C)(C)O1. The molecule has 1 rings (SSSR count). The Morgan fingerprint density at radius 2 is 1.75 bits per heavy atom. The van der Waals surface area contributed by atoms with Crippen LogP contribution in [0, 0.1) is 0 Å². The first-order valence-corrected chi connectivity index (χ1v) is 4.37. The van der Waals surface area contributed by atoms with Gasteiger partial charge in [-0.15, -0.1) is 0 Å². The molecule has 2 heteroatoms. The Labute approximate surface area is 74.6 Å². The maximum absolute atomic E-state index is 5.77. The normalized spacial score (nSPS) is 29.9. The Balaban J connectivity index is 2.82. The second-order valence-electron chi connectivity index (χ2n) is 4.17. The predicted molar refractivity (Wildman–Crippen MR) is 49.0 cm³/mol. The van der Waals surface area contributed by atoms with Gasteiger partial charge in [0.1, 0.15) is 23.6 Å². The minimum atomic E-state index is -0.243. The van der Waals surface area contributed by atoms with Gasteiger partial charge in [-0.2, -0.15) is 0 Å². The molecule has 12 heavy (non-hydrogen) atoms. The molecule has 0 radical (unpaired) electrons. The molecule has 0 spiro atoms. The zero-order chi connectivity index (χ0) is 9.41.